The van der Waals surface area contributed by atoms with Gasteiger partial charge in [0.25, 0.3) is 0 Å². The quantitative estimate of drug-likeness (QED) is 0.542. The third-order valence-electron chi connectivity index (χ3n) is 4.19. The van der Waals surface area contributed by atoms with E-state index >= 15 is 0 Å². The smallest absolute Gasteiger partial charge is 0.00204 e. The second-order valence-corrected chi connectivity index (χ2v) is 6.11. The first-order valence-electron chi connectivity index (χ1n) is 8.03. The summed E-state index contributed by atoms with van der Waals surface area (Å²) in [6.45, 7) is 7.21. The zero-order chi connectivity index (χ0) is 12.3. The van der Waals surface area contributed by atoms with E-state index in [1.54, 1.807) is 0 Å². The normalized spacial score (nSPS) is 24.4. The maximum Gasteiger partial charge on any atom is -0.00204 e. The number of hydrogen-bond donors (Lipinski definition) is 1. The van der Waals surface area contributed by atoms with Crippen molar-refractivity contribution in [3.63, 3.8) is 0 Å². The van der Waals surface area contributed by atoms with Crippen LogP contribution < -0.4 is 5.32 Å². The van der Waals surface area contributed by atoms with Gasteiger partial charge < -0.3 is 5.32 Å². The molecular weight excluding hydrogens is 206 g/mol. The van der Waals surface area contributed by atoms with Gasteiger partial charge in [-0.1, -0.05) is 58.8 Å². The summed E-state index contributed by atoms with van der Waals surface area (Å²) in [7, 11) is 0. The highest BCUT2D eigenvalue weighted by Gasteiger charge is 2.20. The fraction of sp³-hybridized carbons (Fsp3) is 1.00. The average molecular weight is 239 g/mol. The zero-order valence-electron chi connectivity index (χ0n) is 12.1. The highest BCUT2D eigenvalue weighted by molar-refractivity contribution is 4.74. The molecule has 0 bridgehead atoms. The van der Waals surface area contributed by atoms with Gasteiger partial charge in [-0.05, 0) is 44.2 Å². The SMILES string of the molecule is CCCCCCCCCNCC1CCC(C)C1. The van der Waals surface area contributed by atoms with Gasteiger partial charge in [0.1, 0.15) is 0 Å². The Morgan fingerprint density at radius 2 is 1.65 bits per heavy atom. The van der Waals surface area contributed by atoms with Crippen LogP contribution in [0.15, 0.2) is 0 Å². The average Bonchev–Trinajstić information content (AvgIpc) is 2.73. The van der Waals surface area contributed by atoms with Crippen molar-refractivity contribution in [3.8, 4) is 0 Å². The highest BCUT2D eigenvalue weighted by Crippen LogP contribution is 2.29. The minimum Gasteiger partial charge on any atom is -0.316 e. The molecule has 0 spiro atoms. The highest BCUT2D eigenvalue weighted by atomic mass is 14.9. The molecule has 2 unspecified atom stereocenters. The third kappa shape index (κ3) is 7.81. The summed E-state index contributed by atoms with van der Waals surface area (Å²) < 4.78 is 0. The molecule has 0 aromatic heterocycles. The lowest BCUT2D eigenvalue weighted by atomic mass is 10.1. The van der Waals surface area contributed by atoms with Gasteiger partial charge in [0.05, 0.1) is 0 Å². The number of rotatable bonds is 10. The van der Waals surface area contributed by atoms with Crippen LogP contribution in [0.1, 0.15) is 78.1 Å². The van der Waals surface area contributed by atoms with Gasteiger partial charge in [-0.25, -0.2) is 0 Å². The predicted molar refractivity (Wildman–Crippen MR) is 77.4 cm³/mol. The summed E-state index contributed by atoms with van der Waals surface area (Å²) in [6, 6.07) is 0. The van der Waals surface area contributed by atoms with Gasteiger partial charge in [-0.2, -0.15) is 0 Å². The van der Waals surface area contributed by atoms with Crippen molar-refractivity contribution >= 4 is 0 Å². The molecular formula is C16H33N. The topological polar surface area (TPSA) is 12.0 Å². The first-order valence-corrected chi connectivity index (χ1v) is 8.03. The Bertz CT molecular complexity index is 167. The van der Waals surface area contributed by atoms with Crippen molar-refractivity contribution in [2.45, 2.75) is 78.1 Å². The summed E-state index contributed by atoms with van der Waals surface area (Å²) in [5, 5.41) is 3.65. The van der Waals surface area contributed by atoms with E-state index in [0.29, 0.717) is 0 Å². The molecule has 0 radical (unpaired) electrons. The molecule has 0 saturated heterocycles. The van der Waals surface area contributed by atoms with E-state index in [1.165, 1.54) is 77.3 Å². The van der Waals surface area contributed by atoms with E-state index in [4.69, 9.17) is 0 Å². The minimum absolute atomic E-state index is 0.981. The second kappa shape index (κ2) is 9.94. The maximum absolute atomic E-state index is 3.65. The first kappa shape index (κ1) is 15.0. The zero-order valence-corrected chi connectivity index (χ0v) is 12.1. The number of hydrogen-bond acceptors (Lipinski definition) is 1. The van der Waals surface area contributed by atoms with Crippen molar-refractivity contribution in [1.82, 2.24) is 5.32 Å². The summed E-state index contributed by atoms with van der Waals surface area (Å²) in [5.74, 6) is 1.97. The van der Waals surface area contributed by atoms with E-state index in [1.807, 2.05) is 0 Å². The lowest BCUT2D eigenvalue weighted by Gasteiger charge is -2.10. The first-order chi connectivity index (χ1) is 8.33. The Balaban J connectivity index is 1.75. The molecule has 1 rings (SSSR count). The summed E-state index contributed by atoms with van der Waals surface area (Å²) in [5.41, 5.74) is 0. The van der Waals surface area contributed by atoms with Gasteiger partial charge >= 0.3 is 0 Å². The van der Waals surface area contributed by atoms with Crippen LogP contribution in [-0.2, 0) is 0 Å². The molecule has 17 heavy (non-hydrogen) atoms. The van der Waals surface area contributed by atoms with Gasteiger partial charge in [0.2, 0.25) is 0 Å². The van der Waals surface area contributed by atoms with Gasteiger partial charge in [-0.15, -0.1) is 0 Å². The third-order valence-corrected chi connectivity index (χ3v) is 4.19. The van der Waals surface area contributed by atoms with Crippen LogP contribution in [0.4, 0.5) is 0 Å². The molecule has 0 aromatic carbocycles. The monoisotopic (exact) mass is 239 g/mol. The molecule has 1 nitrogen and oxygen atoms in total. The minimum atomic E-state index is 0.981. The van der Waals surface area contributed by atoms with E-state index in [0.717, 1.165) is 11.8 Å². The standard InChI is InChI=1S/C16H33N/c1-3-4-5-6-7-8-9-12-17-14-16-11-10-15(2)13-16/h15-17H,3-14H2,1-2H3. The molecule has 2 atom stereocenters. The number of nitrogens with one attached hydrogen (secondary N) is 1. The maximum atomic E-state index is 3.65. The lowest BCUT2D eigenvalue weighted by molar-refractivity contribution is 0.462. The fourth-order valence-electron chi connectivity index (χ4n) is 3.02. The molecule has 0 aromatic rings. The van der Waals surface area contributed by atoms with Crippen molar-refractivity contribution in [1.29, 1.82) is 0 Å². The van der Waals surface area contributed by atoms with Crippen LogP contribution in [0.5, 0.6) is 0 Å². The van der Waals surface area contributed by atoms with E-state index in [9.17, 15) is 0 Å². The van der Waals surface area contributed by atoms with Crippen molar-refractivity contribution in [3.05, 3.63) is 0 Å². The van der Waals surface area contributed by atoms with Crippen LogP contribution in [0.2, 0.25) is 0 Å². The van der Waals surface area contributed by atoms with Crippen molar-refractivity contribution in [2.24, 2.45) is 11.8 Å². The molecule has 0 amide bonds. The summed E-state index contributed by atoms with van der Waals surface area (Å²) in [4.78, 5) is 0. The molecule has 1 saturated carbocycles. The molecule has 1 N–H and O–H groups in total. The van der Waals surface area contributed by atoms with E-state index in [-0.39, 0.29) is 0 Å². The van der Waals surface area contributed by atoms with Crippen LogP contribution in [0, 0.1) is 11.8 Å². The van der Waals surface area contributed by atoms with Gasteiger partial charge in [-0.3, -0.25) is 0 Å². The lowest BCUT2D eigenvalue weighted by Crippen LogP contribution is -2.22. The van der Waals surface area contributed by atoms with Crippen LogP contribution in [0.3, 0.4) is 0 Å². The Morgan fingerprint density at radius 1 is 0.941 bits per heavy atom. The number of unbranched alkanes of at least 4 members (excludes halogenated alkanes) is 6. The van der Waals surface area contributed by atoms with E-state index in [2.05, 4.69) is 19.2 Å². The Hall–Kier alpha value is -0.0400. The largest absolute Gasteiger partial charge is 0.316 e. The van der Waals surface area contributed by atoms with E-state index < -0.39 is 0 Å². The molecule has 1 fully saturated rings. The molecule has 102 valence electrons. The Kier molecular flexibility index (Phi) is 8.78. The van der Waals surface area contributed by atoms with Crippen LogP contribution in [-0.4, -0.2) is 13.1 Å². The second-order valence-electron chi connectivity index (χ2n) is 6.11. The molecule has 0 aliphatic heterocycles. The molecule has 1 aliphatic carbocycles. The summed E-state index contributed by atoms with van der Waals surface area (Å²) in [6.07, 6.45) is 14.3. The fourth-order valence-corrected chi connectivity index (χ4v) is 3.02. The van der Waals surface area contributed by atoms with Gasteiger partial charge in [0.15, 0.2) is 0 Å². The van der Waals surface area contributed by atoms with Crippen molar-refractivity contribution in [2.75, 3.05) is 13.1 Å². The predicted octanol–water partition coefficient (Wildman–Crippen LogP) is 4.76. The summed E-state index contributed by atoms with van der Waals surface area (Å²) >= 11 is 0. The van der Waals surface area contributed by atoms with Gasteiger partial charge in [0, 0.05) is 0 Å². The Labute approximate surface area is 109 Å². The van der Waals surface area contributed by atoms with Crippen molar-refractivity contribution < 1.29 is 0 Å². The van der Waals surface area contributed by atoms with Crippen LogP contribution in [0.25, 0.3) is 0 Å². The van der Waals surface area contributed by atoms with Crippen LogP contribution >= 0.6 is 0 Å². The Morgan fingerprint density at radius 3 is 2.29 bits per heavy atom. The molecule has 1 heteroatoms. The molecule has 1 aliphatic rings. The molecule has 0 heterocycles.